The van der Waals surface area contributed by atoms with Crippen molar-refractivity contribution in [2.24, 2.45) is 5.92 Å². The number of Topliss-reactive ketones (excluding diaryl/α,β-unsaturated/α-hetero) is 1. The van der Waals surface area contributed by atoms with Crippen LogP contribution in [0, 0.1) is 5.92 Å². The molecule has 1 aromatic rings. The van der Waals surface area contributed by atoms with Crippen molar-refractivity contribution in [1.29, 1.82) is 0 Å². The number of ketones is 1. The molecule has 1 N–H and O–H groups in total. The fraction of sp³-hybridized carbons (Fsp3) is 0.600. The lowest BCUT2D eigenvalue weighted by Gasteiger charge is -2.28. The van der Waals surface area contributed by atoms with Crippen LogP contribution in [0.2, 0.25) is 5.82 Å². The zero-order valence-corrected chi connectivity index (χ0v) is 16.5. The molecular formula is C20H27BF2O5. The van der Waals surface area contributed by atoms with E-state index >= 15 is 0 Å². The number of rotatable bonds is 9. The molecule has 1 aliphatic rings. The van der Waals surface area contributed by atoms with E-state index in [0.717, 1.165) is 12.8 Å². The summed E-state index contributed by atoms with van der Waals surface area (Å²) in [5, 5.41) is 10.2. The Balaban J connectivity index is 2.09. The number of fused-ring (bicyclic) bond motifs is 1. The van der Waals surface area contributed by atoms with Crippen molar-refractivity contribution < 1.29 is 32.8 Å². The molecule has 5 nitrogen and oxygen atoms in total. The Morgan fingerprint density at radius 3 is 2.64 bits per heavy atom. The van der Waals surface area contributed by atoms with E-state index in [1.54, 1.807) is 18.2 Å². The van der Waals surface area contributed by atoms with Crippen molar-refractivity contribution in [3.8, 4) is 5.75 Å². The zero-order chi connectivity index (χ0) is 20.9. The van der Waals surface area contributed by atoms with Crippen LogP contribution in [0.3, 0.4) is 0 Å². The summed E-state index contributed by atoms with van der Waals surface area (Å²) in [6.45, 7) is 5.05. The summed E-state index contributed by atoms with van der Waals surface area (Å²) in [6, 6.07) is 4.96. The SMILES string of the molecule is CCC(CC)COC(=O)c1cccc2c1OB(O)[C@@H](CC(=O)CC(C)(F)F)C2. The smallest absolute Gasteiger partial charge is 0.526 e. The van der Waals surface area contributed by atoms with E-state index in [9.17, 15) is 23.4 Å². The largest absolute Gasteiger partial charge is 0.535 e. The molecule has 0 saturated heterocycles. The number of alkyl halides is 2. The second-order valence-electron chi connectivity index (χ2n) is 7.54. The summed E-state index contributed by atoms with van der Waals surface area (Å²) in [7, 11) is -1.35. The van der Waals surface area contributed by atoms with E-state index in [-0.39, 0.29) is 30.1 Å². The van der Waals surface area contributed by atoms with Crippen LogP contribution >= 0.6 is 0 Å². The molecule has 0 aliphatic carbocycles. The van der Waals surface area contributed by atoms with Crippen LogP contribution in [0.5, 0.6) is 5.75 Å². The van der Waals surface area contributed by atoms with Gasteiger partial charge in [0.05, 0.1) is 13.0 Å². The number of para-hydroxylation sites is 1. The van der Waals surface area contributed by atoms with E-state index in [4.69, 9.17) is 9.39 Å². The van der Waals surface area contributed by atoms with Gasteiger partial charge in [-0.05, 0) is 30.9 Å². The van der Waals surface area contributed by atoms with Gasteiger partial charge >= 0.3 is 13.1 Å². The minimum absolute atomic E-state index is 0.215. The zero-order valence-electron chi connectivity index (χ0n) is 16.5. The van der Waals surface area contributed by atoms with Gasteiger partial charge in [-0.3, -0.25) is 4.79 Å². The van der Waals surface area contributed by atoms with Crippen molar-refractivity contribution in [1.82, 2.24) is 0 Å². The first-order valence-corrected chi connectivity index (χ1v) is 9.67. The third-order valence-corrected chi connectivity index (χ3v) is 5.04. The average molecular weight is 396 g/mol. The third-order valence-electron chi connectivity index (χ3n) is 5.04. The Labute approximate surface area is 164 Å². The van der Waals surface area contributed by atoms with Crippen molar-refractivity contribution >= 4 is 18.9 Å². The molecule has 0 spiro atoms. The predicted octanol–water partition coefficient (Wildman–Crippen LogP) is 4.07. The first-order chi connectivity index (χ1) is 13.1. The molecule has 0 amide bonds. The van der Waals surface area contributed by atoms with E-state index in [0.29, 0.717) is 19.1 Å². The molecule has 1 atom stereocenters. The van der Waals surface area contributed by atoms with Crippen LogP contribution in [0.15, 0.2) is 18.2 Å². The van der Waals surface area contributed by atoms with Gasteiger partial charge in [0.2, 0.25) is 0 Å². The molecule has 0 bridgehead atoms. The molecule has 1 heterocycles. The molecule has 0 fully saturated rings. The van der Waals surface area contributed by atoms with Crippen LogP contribution in [0.25, 0.3) is 0 Å². The molecular weight excluding hydrogens is 369 g/mol. The van der Waals surface area contributed by atoms with Gasteiger partial charge in [-0.25, -0.2) is 13.6 Å². The summed E-state index contributed by atoms with van der Waals surface area (Å²) >= 11 is 0. The topological polar surface area (TPSA) is 72.8 Å². The van der Waals surface area contributed by atoms with Gasteiger partial charge < -0.3 is 14.4 Å². The Bertz CT molecular complexity index is 700. The highest BCUT2D eigenvalue weighted by molar-refractivity contribution is 6.47. The molecule has 2 rings (SSSR count). The van der Waals surface area contributed by atoms with Gasteiger partial charge in [0, 0.05) is 12.2 Å². The van der Waals surface area contributed by atoms with E-state index in [1.807, 2.05) is 13.8 Å². The normalized spacial score (nSPS) is 16.5. The molecule has 28 heavy (non-hydrogen) atoms. The van der Waals surface area contributed by atoms with Gasteiger partial charge in [-0.2, -0.15) is 0 Å². The van der Waals surface area contributed by atoms with Gasteiger partial charge in [0.15, 0.2) is 0 Å². The van der Waals surface area contributed by atoms with Gasteiger partial charge in [-0.1, -0.05) is 38.8 Å². The van der Waals surface area contributed by atoms with Crippen LogP contribution in [-0.4, -0.2) is 36.4 Å². The lowest BCUT2D eigenvalue weighted by atomic mass is 9.64. The lowest BCUT2D eigenvalue weighted by molar-refractivity contribution is -0.125. The molecule has 0 unspecified atom stereocenters. The number of benzene rings is 1. The summed E-state index contributed by atoms with van der Waals surface area (Å²) in [5.74, 6) is -4.38. The minimum atomic E-state index is -3.08. The highest BCUT2D eigenvalue weighted by Gasteiger charge is 2.39. The van der Waals surface area contributed by atoms with E-state index in [2.05, 4.69) is 0 Å². The van der Waals surface area contributed by atoms with Gasteiger partial charge in [0.1, 0.15) is 17.1 Å². The predicted molar refractivity (Wildman–Crippen MR) is 102 cm³/mol. The monoisotopic (exact) mass is 396 g/mol. The molecule has 1 aromatic carbocycles. The number of halogens is 2. The quantitative estimate of drug-likeness (QED) is 0.503. The number of hydrogen-bond donors (Lipinski definition) is 1. The molecule has 154 valence electrons. The maximum Gasteiger partial charge on any atom is 0.526 e. The second-order valence-corrected chi connectivity index (χ2v) is 7.54. The molecule has 0 saturated carbocycles. The Kier molecular flexibility index (Phi) is 7.58. The maximum absolute atomic E-state index is 13.0. The molecule has 0 aromatic heterocycles. The van der Waals surface area contributed by atoms with Crippen molar-refractivity contribution in [3.63, 3.8) is 0 Å². The number of carbonyl (C=O) groups excluding carboxylic acids is 2. The summed E-state index contributed by atoms with van der Waals surface area (Å²) in [5.41, 5.74) is 0.857. The van der Waals surface area contributed by atoms with Gasteiger partial charge in [0.25, 0.3) is 5.92 Å². The average Bonchev–Trinajstić information content (AvgIpc) is 2.61. The van der Waals surface area contributed by atoms with Crippen molar-refractivity contribution in [3.05, 3.63) is 29.3 Å². The standard InChI is InChI=1S/C20H27BF2O5/c1-4-13(5-2)12-27-19(25)17-8-6-7-14-9-15(21(26)28-18(14)17)10-16(24)11-20(3,22)23/h6-8,13,15,26H,4-5,9-12H2,1-3H3/t15-/m1/s1. The van der Waals surface area contributed by atoms with Crippen LogP contribution in [-0.2, 0) is 16.0 Å². The van der Waals surface area contributed by atoms with Crippen LogP contribution in [0.4, 0.5) is 8.78 Å². The van der Waals surface area contributed by atoms with Gasteiger partial charge in [-0.15, -0.1) is 0 Å². The molecule has 0 radical (unpaired) electrons. The molecule has 1 aliphatic heterocycles. The number of hydrogen-bond acceptors (Lipinski definition) is 5. The summed E-state index contributed by atoms with van der Waals surface area (Å²) in [4.78, 5) is 24.3. The maximum atomic E-state index is 13.0. The summed E-state index contributed by atoms with van der Waals surface area (Å²) in [6.07, 6.45) is 0.973. The summed E-state index contributed by atoms with van der Waals surface area (Å²) < 4.78 is 36.9. The molecule has 8 heteroatoms. The minimum Gasteiger partial charge on any atom is -0.535 e. The first kappa shape index (κ1) is 22.3. The highest BCUT2D eigenvalue weighted by Crippen LogP contribution is 2.37. The number of carbonyl (C=O) groups is 2. The second kappa shape index (κ2) is 9.50. The first-order valence-electron chi connectivity index (χ1n) is 9.67. The Morgan fingerprint density at radius 2 is 2.04 bits per heavy atom. The third kappa shape index (κ3) is 6.02. The Hall–Kier alpha value is -1.96. The lowest BCUT2D eigenvalue weighted by Crippen LogP contribution is -2.36. The number of ether oxygens (including phenoxy) is 1. The van der Waals surface area contributed by atoms with E-state index in [1.165, 1.54) is 0 Å². The fourth-order valence-corrected chi connectivity index (χ4v) is 3.33. The number of esters is 1. The van der Waals surface area contributed by atoms with Crippen molar-refractivity contribution in [2.45, 2.75) is 64.6 Å². The Morgan fingerprint density at radius 1 is 1.36 bits per heavy atom. The van der Waals surface area contributed by atoms with Crippen molar-refractivity contribution in [2.75, 3.05) is 6.61 Å². The highest BCUT2D eigenvalue weighted by atomic mass is 19.3. The van der Waals surface area contributed by atoms with Crippen LogP contribution < -0.4 is 4.65 Å². The fourth-order valence-electron chi connectivity index (χ4n) is 3.33. The van der Waals surface area contributed by atoms with E-state index < -0.39 is 37.0 Å². The van der Waals surface area contributed by atoms with Crippen LogP contribution in [0.1, 0.15) is 62.4 Å².